The van der Waals surface area contributed by atoms with Crippen LogP contribution in [0.15, 0.2) is 54.6 Å². The van der Waals surface area contributed by atoms with Crippen molar-refractivity contribution >= 4 is 23.6 Å². The first-order valence-electron chi connectivity index (χ1n) is 8.50. The van der Waals surface area contributed by atoms with Crippen LogP contribution in [0.3, 0.4) is 0 Å². The number of urea groups is 1. The van der Waals surface area contributed by atoms with Crippen LogP contribution in [0, 0.1) is 11.3 Å². The largest absolute Gasteiger partial charge is 0.451 e. The van der Waals surface area contributed by atoms with Crippen molar-refractivity contribution in [3.05, 3.63) is 65.7 Å². The molecule has 2 aromatic rings. The second-order valence-corrected chi connectivity index (χ2v) is 6.01. The molecule has 0 aliphatic carbocycles. The standard InChI is InChI=1S/C20H20N4O4/c1-13(18(25)23-16-9-5-8-15(10-16)12-21)28-19(26)17(24-20(22)27)11-14-6-3-2-4-7-14/h2-10,13,17H,11H2,1H3,(H,23,25)(H3,22,24,27)/t13-,17+/m1/s1. The molecule has 0 saturated carbocycles. The topological polar surface area (TPSA) is 134 Å². The summed E-state index contributed by atoms with van der Waals surface area (Å²) in [6, 6.07) is 15.4. The second kappa shape index (κ2) is 9.73. The van der Waals surface area contributed by atoms with E-state index in [1.165, 1.54) is 13.0 Å². The number of nitriles is 1. The normalized spacial score (nSPS) is 12.1. The number of esters is 1. The predicted molar refractivity (Wildman–Crippen MR) is 102 cm³/mol. The summed E-state index contributed by atoms with van der Waals surface area (Å²) < 4.78 is 5.19. The van der Waals surface area contributed by atoms with E-state index in [0.29, 0.717) is 11.3 Å². The highest BCUT2D eigenvalue weighted by Crippen LogP contribution is 2.11. The molecule has 0 heterocycles. The van der Waals surface area contributed by atoms with Crippen LogP contribution in [-0.4, -0.2) is 30.1 Å². The number of amides is 3. The molecule has 8 nitrogen and oxygen atoms in total. The maximum absolute atomic E-state index is 12.4. The van der Waals surface area contributed by atoms with E-state index >= 15 is 0 Å². The van der Waals surface area contributed by atoms with Gasteiger partial charge >= 0.3 is 12.0 Å². The number of nitrogens with one attached hydrogen (secondary N) is 2. The van der Waals surface area contributed by atoms with Crippen molar-refractivity contribution < 1.29 is 19.1 Å². The lowest BCUT2D eigenvalue weighted by atomic mass is 10.1. The van der Waals surface area contributed by atoms with Gasteiger partial charge in [0.1, 0.15) is 6.04 Å². The van der Waals surface area contributed by atoms with E-state index < -0.39 is 30.1 Å². The van der Waals surface area contributed by atoms with Crippen LogP contribution in [0.2, 0.25) is 0 Å². The molecule has 0 aliphatic heterocycles. The van der Waals surface area contributed by atoms with Crippen LogP contribution >= 0.6 is 0 Å². The summed E-state index contributed by atoms with van der Waals surface area (Å²) in [5.41, 5.74) is 6.73. The molecule has 28 heavy (non-hydrogen) atoms. The molecule has 4 N–H and O–H groups in total. The minimum Gasteiger partial charge on any atom is -0.451 e. The smallest absolute Gasteiger partial charge is 0.329 e. The lowest BCUT2D eigenvalue weighted by Gasteiger charge is -2.19. The van der Waals surface area contributed by atoms with Gasteiger partial charge < -0.3 is 21.1 Å². The third-order valence-corrected chi connectivity index (χ3v) is 3.81. The zero-order valence-corrected chi connectivity index (χ0v) is 15.2. The van der Waals surface area contributed by atoms with Gasteiger partial charge in [-0.05, 0) is 30.7 Å². The minimum absolute atomic E-state index is 0.168. The quantitative estimate of drug-likeness (QED) is 0.629. The number of ether oxygens (including phenoxy) is 1. The maximum atomic E-state index is 12.4. The van der Waals surface area contributed by atoms with Gasteiger partial charge in [-0.25, -0.2) is 9.59 Å². The van der Waals surface area contributed by atoms with Crippen LogP contribution in [0.25, 0.3) is 0 Å². The van der Waals surface area contributed by atoms with Crippen molar-refractivity contribution in [2.75, 3.05) is 5.32 Å². The van der Waals surface area contributed by atoms with Gasteiger partial charge in [0.25, 0.3) is 5.91 Å². The predicted octanol–water partition coefficient (Wildman–Crippen LogP) is 1.71. The highest BCUT2D eigenvalue weighted by Gasteiger charge is 2.26. The van der Waals surface area contributed by atoms with E-state index in [1.54, 1.807) is 42.5 Å². The monoisotopic (exact) mass is 380 g/mol. The molecule has 2 rings (SSSR count). The first-order valence-corrected chi connectivity index (χ1v) is 8.50. The van der Waals surface area contributed by atoms with Crippen LogP contribution in [0.4, 0.5) is 10.5 Å². The van der Waals surface area contributed by atoms with Crippen molar-refractivity contribution in [3.8, 4) is 6.07 Å². The highest BCUT2D eigenvalue weighted by molar-refractivity contribution is 5.95. The summed E-state index contributed by atoms with van der Waals surface area (Å²) in [5.74, 6) is -1.35. The number of benzene rings is 2. The summed E-state index contributed by atoms with van der Waals surface area (Å²) >= 11 is 0. The third-order valence-electron chi connectivity index (χ3n) is 3.81. The van der Waals surface area contributed by atoms with Gasteiger partial charge in [0.2, 0.25) is 0 Å². The number of hydrogen-bond acceptors (Lipinski definition) is 5. The van der Waals surface area contributed by atoms with Crippen LogP contribution in [-0.2, 0) is 20.7 Å². The molecule has 0 unspecified atom stereocenters. The van der Waals surface area contributed by atoms with E-state index in [4.69, 9.17) is 15.7 Å². The number of carbonyl (C=O) groups excluding carboxylic acids is 3. The lowest BCUT2D eigenvalue weighted by Crippen LogP contribution is -2.47. The van der Waals surface area contributed by atoms with Crippen molar-refractivity contribution in [2.24, 2.45) is 5.73 Å². The number of nitrogens with zero attached hydrogens (tertiary/aromatic N) is 1. The first-order chi connectivity index (χ1) is 13.4. The number of rotatable bonds is 7. The summed E-state index contributed by atoms with van der Waals surface area (Å²) in [6.07, 6.45) is -0.951. The van der Waals surface area contributed by atoms with E-state index in [1.807, 2.05) is 12.1 Å². The Labute approximate surface area is 162 Å². The molecule has 0 aliphatic rings. The Balaban J connectivity index is 2.01. The molecule has 8 heteroatoms. The van der Waals surface area contributed by atoms with Crippen molar-refractivity contribution in [1.82, 2.24) is 5.32 Å². The number of nitrogens with two attached hydrogens (primary N) is 1. The molecule has 0 saturated heterocycles. The fourth-order valence-corrected chi connectivity index (χ4v) is 2.44. The maximum Gasteiger partial charge on any atom is 0.329 e. The molecule has 144 valence electrons. The molecule has 0 spiro atoms. The summed E-state index contributed by atoms with van der Waals surface area (Å²) in [4.78, 5) is 35.9. The number of primary amides is 1. The van der Waals surface area contributed by atoms with Gasteiger partial charge in [-0.2, -0.15) is 5.26 Å². The fraction of sp³-hybridized carbons (Fsp3) is 0.200. The molecule has 2 atom stereocenters. The van der Waals surface area contributed by atoms with Crippen molar-refractivity contribution in [3.63, 3.8) is 0 Å². The Bertz CT molecular complexity index is 893. The molecule has 2 aromatic carbocycles. The fourth-order valence-electron chi connectivity index (χ4n) is 2.44. The second-order valence-electron chi connectivity index (χ2n) is 6.01. The average molecular weight is 380 g/mol. The first kappa shape index (κ1) is 20.5. The zero-order chi connectivity index (χ0) is 20.5. The highest BCUT2D eigenvalue weighted by atomic mass is 16.5. The molecular weight excluding hydrogens is 360 g/mol. The Kier molecular flexibility index (Phi) is 7.11. The minimum atomic E-state index is -1.12. The van der Waals surface area contributed by atoms with E-state index in [0.717, 1.165) is 5.56 Å². The SMILES string of the molecule is C[C@@H](OC(=O)[C@H](Cc1ccccc1)NC(N)=O)C(=O)Nc1cccc(C#N)c1. The van der Waals surface area contributed by atoms with E-state index in [-0.39, 0.29) is 6.42 Å². The Morgan fingerprint density at radius 1 is 1.14 bits per heavy atom. The average Bonchev–Trinajstić information content (AvgIpc) is 2.68. The van der Waals surface area contributed by atoms with Crippen LogP contribution in [0.5, 0.6) is 0 Å². The Morgan fingerprint density at radius 3 is 2.50 bits per heavy atom. The molecule has 0 bridgehead atoms. The summed E-state index contributed by atoms with van der Waals surface area (Å²) in [7, 11) is 0. The third kappa shape index (κ3) is 6.14. The number of hydrogen-bond donors (Lipinski definition) is 3. The van der Waals surface area contributed by atoms with Crippen molar-refractivity contribution in [2.45, 2.75) is 25.5 Å². The van der Waals surface area contributed by atoms with E-state index in [2.05, 4.69) is 10.6 Å². The van der Waals surface area contributed by atoms with Crippen LogP contribution < -0.4 is 16.4 Å². The summed E-state index contributed by atoms with van der Waals surface area (Å²) in [5, 5.41) is 13.8. The van der Waals surface area contributed by atoms with Crippen LogP contribution in [0.1, 0.15) is 18.1 Å². The zero-order valence-electron chi connectivity index (χ0n) is 15.2. The molecule has 0 radical (unpaired) electrons. The van der Waals surface area contributed by atoms with Gasteiger partial charge in [0.15, 0.2) is 6.10 Å². The molecule has 0 aromatic heterocycles. The van der Waals surface area contributed by atoms with Gasteiger partial charge in [-0.3, -0.25) is 4.79 Å². The summed E-state index contributed by atoms with van der Waals surface area (Å²) in [6.45, 7) is 1.41. The number of carbonyl (C=O) groups is 3. The van der Waals surface area contributed by atoms with Gasteiger partial charge in [0.05, 0.1) is 11.6 Å². The molecular formula is C20H20N4O4. The Hall–Kier alpha value is -3.86. The number of anilines is 1. The lowest BCUT2D eigenvalue weighted by molar-refractivity contribution is -0.155. The van der Waals surface area contributed by atoms with Crippen molar-refractivity contribution in [1.29, 1.82) is 5.26 Å². The van der Waals surface area contributed by atoms with E-state index in [9.17, 15) is 14.4 Å². The Morgan fingerprint density at radius 2 is 1.86 bits per heavy atom. The van der Waals surface area contributed by atoms with Gasteiger partial charge in [0, 0.05) is 12.1 Å². The van der Waals surface area contributed by atoms with Gasteiger partial charge in [-0.1, -0.05) is 36.4 Å². The molecule has 0 fully saturated rings. The molecule has 3 amide bonds. The van der Waals surface area contributed by atoms with Gasteiger partial charge in [-0.15, -0.1) is 0 Å².